The lowest BCUT2D eigenvalue weighted by atomic mass is 10.1. The van der Waals surface area contributed by atoms with Crippen LogP contribution in [0.15, 0.2) is 35.1 Å². The van der Waals surface area contributed by atoms with Crippen molar-refractivity contribution in [1.82, 2.24) is 4.98 Å². The highest BCUT2D eigenvalue weighted by Crippen LogP contribution is 2.23. The van der Waals surface area contributed by atoms with Crippen LogP contribution in [0.4, 0.5) is 4.39 Å². The minimum Gasteiger partial charge on any atom is -0.443 e. The van der Waals surface area contributed by atoms with E-state index in [1.54, 1.807) is 12.1 Å². The minimum absolute atomic E-state index is 0.220. The van der Waals surface area contributed by atoms with Gasteiger partial charge in [-0.15, -0.1) is 0 Å². The predicted octanol–water partition coefficient (Wildman–Crippen LogP) is 1.97. The second-order valence-corrected chi connectivity index (χ2v) is 2.80. The normalized spacial score (nSPS) is 10.4. The molecule has 0 aliphatic heterocycles. The smallest absolute Gasteiger partial charge is 0.181 e. The Bertz CT molecular complexity index is 439. The molecule has 0 unspecified atom stereocenters. The molecular formula is C10H8FNO2. The SMILES string of the molecule is OCc1ncoc1-c1cccc(F)c1. The Balaban J connectivity index is 2.49. The van der Waals surface area contributed by atoms with Crippen molar-refractivity contribution in [3.63, 3.8) is 0 Å². The molecule has 0 amide bonds. The maximum Gasteiger partial charge on any atom is 0.181 e. The third-order valence-corrected chi connectivity index (χ3v) is 1.88. The molecule has 72 valence electrons. The second-order valence-electron chi connectivity index (χ2n) is 2.80. The Kier molecular flexibility index (Phi) is 2.28. The Labute approximate surface area is 79.8 Å². The summed E-state index contributed by atoms with van der Waals surface area (Å²) in [6.07, 6.45) is 1.23. The van der Waals surface area contributed by atoms with Crippen molar-refractivity contribution in [3.8, 4) is 11.3 Å². The fourth-order valence-electron chi connectivity index (χ4n) is 1.25. The average molecular weight is 193 g/mol. The van der Waals surface area contributed by atoms with Gasteiger partial charge in [0, 0.05) is 5.56 Å². The summed E-state index contributed by atoms with van der Waals surface area (Å²) in [5.74, 6) is 0.0646. The number of halogens is 1. The molecule has 0 aliphatic rings. The van der Waals surface area contributed by atoms with Gasteiger partial charge in [-0.1, -0.05) is 12.1 Å². The fraction of sp³-hybridized carbons (Fsp3) is 0.100. The van der Waals surface area contributed by atoms with E-state index < -0.39 is 0 Å². The molecule has 0 aliphatic carbocycles. The molecule has 2 aromatic rings. The van der Waals surface area contributed by atoms with E-state index in [0.717, 1.165) is 0 Å². The summed E-state index contributed by atoms with van der Waals surface area (Å²) in [5, 5.41) is 8.92. The quantitative estimate of drug-likeness (QED) is 0.793. The fourth-order valence-corrected chi connectivity index (χ4v) is 1.25. The van der Waals surface area contributed by atoms with Gasteiger partial charge in [0.15, 0.2) is 12.2 Å². The maximum atomic E-state index is 12.9. The molecule has 14 heavy (non-hydrogen) atoms. The zero-order valence-electron chi connectivity index (χ0n) is 7.27. The van der Waals surface area contributed by atoms with Gasteiger partial charge in [-0.3, -0.25) is 0 Å². The molecule has 1 aromatic heterocycles. The lowest BCUT2D eigenvalue weighted by Crippen LogP contribution is -1.87. The van der Waals surface area contributed by atoms with Gasteiger partial charge in [-0.05, 0) is 12.1 Å². The van der Waals surface area contributed by atoms with Crippen LogP contribution < -0.4 is 0 Å². The highest BCUT2D eigenvalue weighted by molar-refractivity contribution is 5.59. The molecule has 0 saturated heterocycles. The number of oxazole rings is 1. The molecule has 0 fully saturated rings. The van der Waals surface area contributed by atoms with Crippen LogP contribution in [0.25, 0.3) is 11.3 Å². The van der Waals surface area contributed by atoms with E-state index in [-0.39, 0.29) is 12.4 Å². The first-order valence-corrected chi connectivity index (χ1v) is 4.10. The molecule has 0 radical (unpaired) electrons. The van der Waals surface area contributed by atoms with Crippen LogP contribution in [0, 0.1) is 5.82 Å². The predicted molar refractivity (Wildman–Crippen MR) is 47.8 cm³/mol. The first-order chi connectivity index (χ1) is 6.81. The lowest BCUT2D eigenvalue weighted by Gasteiger charge is -1.98. The second kappa shape index (κ2) is 3.59. The molecule has 0 bridgehead atoms. The topological polar surface area (TPSA) is 46.3 Å². The van der Waals surface area contributed by atoms with Crippen molar-refractivity contribution in [2.45, 2.75) is 6.61 Å². The Morgan fingerprint density at radius 1 is 1.43 bits per heavy atom. The summed E-state index contributed by atoms with van der Waals surface area (Å²) >= 11 is 0. The first kappa shape index (κ1) is 8.90. The van der Waals surface area contributed by atoms with Crippen LogP contribution >= 0.6 is 0 Å². The number of hydrogen-bond donors (Lipinski definition) is 1. The number of nitrogens with zero attached hydrogens (tertiary/aromatic N) is 1. The van der Waals surface area contributed by atoms with Gasteiger partial charge in [0.25, 0.3) is 0 Å². The molecule has 3 nitrogen and oxygen atoms in total. The zero-order valence-corrected chi connectivity index (χ0v) is 7.27. The van der Waals surface area contributed by atoms with Gasteiger partial charge in [0.1, 0.15) is 11.5 Å². The molecule has 4 heteroatoms. The maximum absolute atomic E-state index is 12.9. The van der Waals surface area contributed by atoms with Crippen LogP contribution in [0.3, 0.4) is 0 Å². The average Bonchev–Trinajstić information content (AvgIpc) is 2.65. The molecule has 0 atom stereocenters. The van der Waals surface area contributed by atoms with E-state index in [2.05, 4.69) is 4.98 Å². The van der Waals surface area contributed by atoms with Gasteiger partial charge in [0.05, 0.1) is 6.61 Å². The molecule has 0 saturated carbocycles. The summed E-state index contributed by atoms with van der Waals surface area (Å²) in [7, 11) is 0. The van der Waals surface area contributed by atoms with Crippen molar-refractivity contribution in [2.75, 3.05) is 0 Å². The Hall–Kier alpha value is -1.68. The van der Waals surface area contributed by atoms with Gasteiger partial charge >= 0.3 is 0 Å². The lowest BCUT2D eigenvalue weighted by molar-refractivity contribution is 0.277. The van der Waals surface area contributed by atoms with Crippen molar-refractivity contribution in [2.24, 2.45) is 0 Å². The van der Waals surface area contributed by atoms with Crippen LogP contribution in [0.1, 0.15) is 5.69 Å². The summed E-state index contributed by atoms with van der Waals surface area (Å²) in [4.78, 5) is 3.80. The standard InChI is InChI=1S/C10H8FNO2/c11-8-3-1-2-7(4-8)10-9(5-13)12-6-14-10/h1-4,6,13H,5H2. The summed E-state index contributed by atoms with van der Waals surface area (Å²) < 4.78 is 17.9. The van der Waals surface area contributed by atoms with Crippen LogP contribution in [-0.2, 0) is 6.61 Å². The van der Waals surface area contributed by atoms with Crippen LogP contribution in [0.5, 0.6) is 0 Å². The molecule has 1 heterocycles. The van der Waals surface area contributed by atoms with E-state index >= 15 is 0 Å². The van der Waals surface area contributed by atoms with E-state index in [0.29, 0.717) is 17.0 Å². The molecular weight excluding hydrogens is 185 g/mol. The van der Waals surface area contributed by atoms with E-state index in [4.69, 9.17) is 9.52 Å². The van der Waals surface area contributed by atoms with Crippen molar-refractivity contribution in [1.29, 1.82) is 0 Å². The van der Waals surface area contributed by atoms with Crippen LogP contribution in [0.2, 0.25) is 0 Å². The van der Waals surface area contributed by atoms with Crippen molar-refractivity contribution < 1.29 is 13.9 Å². The highest BCUT2D eigenvalue weighted by Gasteiger charge is 2.09. The van der Waals surface area contributed by atoms with Crippen LogP contribution in [-0.4, -0.2) is 10.1 Å². The number of hydrogen-bond acceptors (Lipinski definition) is 3. The number of rotatable bonds is 2. The number of aromatic nitrogens is 1. The third kappa shape index (κ3) is 1.52. The Morgan fingerprint density at radius 2 is 2.29 bits per heavy atom. The molecule has 1 aromatic carbocycles. The largest absolute Gasteiger partial charge is 0.443 e. The highest BCUT2D eigenvalue weighted by atomic mass is 19.1. The van der Waals surface area contributed by atoms with Gasteiger partial charge in [-0.2, -0.15) is 0 Å². The zero-order chi connectivity index (χ0) is 9.97. The summed E-state index contributed by atoms with van der Waals surface area (Å²) in [6, 6.07) is 5.95. The monoisotopic (exact) mass is 193 g/mol. The molecule has 1 N–H and O–H groups in total. The molecule has 2 rings (SSSR count). The van der Waals surface area contributed by atoms with E-state index in [9.17, 15) is 4.39 Å². The number of aliphatic hydroxyl groups excluding tert-OH is 1. The number of aliphatic hydroxyl groups is 1. The van der Waals surface area contributed by atoms with Gasteiger partial charge < -0.3 is 9.52 Å². The van der Waals surface area contributed by atoms with Gasteiger partial charge in [-0.25, -0.2) is 9.37 Å². The van der Waals surface area contributed by atoms with Gasteiger partial charge in [0.2, 0.25) is 0 Å². The van der Waals surface area contributed by atoms with E-state index in [1.165, 1.54) is 18.5 Å². The summed E-state index contributed by atoms with van der Waals surface area (Å²) in [5.41, 5.74) is 0.988. The first-order valence-electron chi connectivity index (χ1n) is 4.10. The van der Waals surface area contributed by atoms with E-state index in [1.807, 2.05) is 0 Å². The van der Waals surface area contributed by atoms with Crippen molar-refractivity contribution in [3.05, 3.63) is 42.2 Å². The third-order valence-electron chi connectivity index (χ3n) is 1.88. The Morgan fingerprint density at radius 3 is 3.00 bits per heavy atom. The molecule has 0 spiro atoms. The van der Waals surface area contributed by atoms with Crippen molar-refractivity contribution >= 4 is 0 Å². The summed E-state index contributed by atoms with van der Waals surface area (Å²) in [6.45, 7) is -0.220. The number of benzene rings is 1. The minimum atomic E-state index is -0.345.